The number of hydrogen-bond acceptors (Lipinski definition) is 5. The summed E-state index contributed by atoms with van der Waals surface area (Å²) >= 11 is 6.28. The maximum Gasteiger partial charge on any atom is 0.238 e. The molecule has 1 saturated heterocycles. The molecule has 1 fully saturated rings. The smallest absolute Gasteiger partial charge is 0.238 e. The molecule has 0 bridgehead atoms. The Morgan fingerprint density at radius 2 is 1.81 bits per heavy atom. The van der Waals surface area contributed by atoms with Crippen LogP contribution in [0, 0.1) is 0 Å². The molecule has 0 atom stereocenters. The second kappa shape index (κ2) is 8.97. The first-order chi connectivity index (χ1) is 13.1. The number of hydrogen-bond donors (Lipinski definition) is 1. The molecule has 0 spiro atoms. The number of ether oxygens (including phenoxy) is 2. The monoisotopic (exact) mass is 389 g/mol. The minimum Gasteiger partial charge on any atom is -0.497 e. The van der Waals surface area contributed by atoms with E-state index in [1.165, 1.54) is 0 Å². The minimum atomic E-state index is -0.0651. The Balaban J connectivity index is 1.53. The molecule has 27 heavy (non-hydrogen) atoms. The number of piperazine rings is 1. The molecule has 0 aromatic heterocycles. The molecular weight excluding hydrogens is 366 g/mol. The standard InChI is InChI=1S/C20H24ClN3O3/c1-26-15-7-8-17(19(13-15)27-2)22-20(25)14-23-9-11-24(12-10-23)18-6-4-3-5-16(18)21/h3-8,13H,9-12,14H2,1-2H3,(H,22,25). The van der Waals surface area contributed by atoms with E-state index in [1.807, 2.05) is 24.3 Å². The lowest BCUT2D eigenvalue weighted by Crippen LogP contribution is -2.48. The molecule has 144 valence electrons. The Labute approximate surface area is 164 Å². The lowest BCUT2D eigenvalue weighted by atomic mass is 10.2. The highest BCUT2D eigenvalue weighted by Gasteiger charge is 2.21. The molecule has 1 aliphatic heterocycles. The second-order valence-corrected chi connectivity index (χ2v) is 6.74. The van der Waals surface area contributed by atoms with Crippen molar-refractivity contribution in [2.75, 3.05) is 57.2 Å². The number of carbonyl (C=O) groups excluding carboxylic acids is 1. The lowest BCUT2D eigenvalue weighted by Gasteiger charge is -2.36. The molecule has 0 saturated carbocycles. The van der Waals surface area contributed by atoms with Gasteiger partial charge in [0, 0.05) is 32.2 Å². The van der Waals surface area contributed by atoms with Gasteiger partial charge in [0.2, 0.25) is 5.91 Å². The Bertz CT molecular complexity index is 792. The van der Waals surface area contributed by atoms with Gasteiger partial charge in [-0.05, 0) is 24.3 Å². The Morgan fingerprint density at radius 1 is 1.07 bits per heavy atom. The van der Waals surface area contributed by atoms with Crippen LogP contribution in [-0.4, -0.2) is 57.8 Å². The van der Waals surface area contributed by atoms with Gasteiger partial charge >= 0.3 is 0 Å². The maximum atomic E-state index is 12.4. The van der Waals surface area contributed by atoms with Crippen molar-refractivity contribution in [1.82, 2.24) is 4.90 Å². The van der Waals surface area contributed by atoms with Gasteiger partial charge in [-0.2, -0.15) is 0 Å². The summed E-state index contributed by atoms with van der Waals surface area (Å²) in [5.74, 6) is 1.19. The summed E-state index contributed by atoms with van der Waals surface area (Å²) in [6.45, 7) is 3.62. The van der Waals surface area contributed by atoms with Gasteiger partial charge in [-0.1, -0.05) is 23.7 Å². The number of para-hydroxylation sites is 1. The largest absolute Gasteiger partial charge is 0.497 e. The zero-order valence-electron chi connectivity index (χ0n) is 15.6. The third-order valence-corrected chi connectivity index (χ3v) is 4.94. The van der Waals surface area contributed by atoms with E-state index in [-0.39, 0.29) is 5.91 Å². The van der Waals surface area contributed by atoms with Crippen LogP contribution in [0.1, 0.15) is 0 Å². The van der Waals surface area contributed by atoms with E-state index in [0.717, 1.165) is 36.9 Å². The molecule has 1 aliphatic rings. The molecule has 0 unspecified atom stereocenters. The summed E-state index contributed by atoms with van der Waals surface area (Å²) < 4.78 is 10.5. The summed E-state index contributed by atoms with van der Waals surface area (Å²) in [5, 5.41) is 3.68. The van der Waals surface area contributed by atoms with Crippen LogP contribution >= 0.6 is 11.6 Å². The zero-order valence-corrected chi connectivity index (χ0v) is 16.3. The highest BCUT2D eigenvalue weighted by atomic mass is 35.5. The molecule has 0 radical (unpaired) electrons. The number of benzene rings is 2. The van der Waals surface area contributed by atoms with Crippen molar-refractivity contribution < 1.29 is 14.3 Å². The zero-order chi connectivity index (χ0) is 19.2. The summed E-state index contributed by atoms with van der Waals surface area (Å²) in [6, 6.07) is 13.2. The molecule has 3 rings (SSSR count). The van der Waals surface area contributed by atoms with Crippen molar-refractivity contribution in [1.29, 1.82) is 0 Å². The number of methoxy groups -OCH3 is 2. The quantitative estimate of drug-likeness (QED) is 0.822. The molecule has 1 N–H and O–H groups in total. The van der Waals surface area contributed by atoms with Gasteiger partial charge in [0.05, 0.1) is 37.2 Å². The van der Waals surface area contributed by atoms with Crippen molar-refractivity contribution in [3.63, 3.8) is 0 Å². The number of amides is 1. The first-order valence-electron chi connectivity index (χ1n) is 8.84. The molecule has 6 nitrogen and oxygen atoms in total. The van der Waals surface area contributed by atoms with E-state index < -0.39 is 0 Å². The summed E-state index contributed by atoms with van der Waals surface area (Å²) in [4.78, 5) is 16.8. The normalized spacial score (nSPS) is 14.7. The van der Waals surface area contributed by atoms with Crippen LogP contribution in [0.25, 0.3) is 0 Å². The first kappa shape index (κ1) is 19.3. The van der Waals surface area contributed by atoms with Gasteiger partial charge in [0.1, 0.15) is 11.5 Å². The number of rotatable bonds is 6. The average molecular weight is 390 g/mol. The average Bonchev–Trinajstić information content (AvgIpc) is 2.69. The Hall–Kier alpha value is -2.44. The van der Waals surface area contributed by atoms with Crippen LogP contribution in [-0.2, 0) is 4.79 Å². The van der Waals surface area contributed by atoms with Crippen LogP contribution in [0.4, 0.5) is 11.4 Å². The van der Waals surface area contributed by atoms with Gasteiger partial charge < -0.3 is 19.7 Å². The third kappa shape index (κ3) is 4.84. The van der Waals surface area contributed by atoms with E-state index in [1.54, 1.807) is 32.4 Å². The highest BCUT2D eigenvalue weighted by Crippen LogP contribution is 2.29. The summed E-state index contributed by atoms with van der Waals surface area (Å²) in [7, 11) is 3.16. The predicted octanol–water partition coefficient (Wildman–Crippen LogP) is 3.12. The molecule has 2 aromatic rings. The molecule has 1 amide bonds. The van der Waals surface area contributed by atoms with E-state index >= 15 is 0 Å². The lowest BCUT2D eigenvalue weighted by molar-refractivity contribution is -0.117. The topological polar surface area (TPSA) is 54.0 Å². The van der Waals surface area contributed by atoms with Crippen molar-refractivity contribution in [2.45, 2.75) is 0 Å². The number of halogens is 1. The predicted molar refractivity (Wildman–Crippen MR) is 108 cm³/mol. The SMILES string of the molecule is COc1ccc(NC(=O)CN2CCN(c3ccccc3Cl)CC2)c(OC)c1. The number of carbonyl (C=O) groups is 1. The Kier molecular flexibility index (Phi) is 6.42. The maximum absolute atomic E-state index is 12.4. The first-order valence-corrected chi connectivity index (χ1v) is 9.22. The van der Waals surface area contributed by atoms with Crippen LogP contribution in [0.2, 0.25) is 5.02 Å². The van der Waals surface area contributed by atoms with Gasteiger partial charge in [-0.3, -0.25) is 9.69 Å². The second-order valence-electron chi connectivity index (χ2n) is 6.33. The number of anilines is 2. The number of nitrogens with one attached hydrogen (secondary N) is 1. The Morgan fingerprint density at radius 3 is 2.48 bits per heavy atom. The fraction of sp³-hybridized carbons (Fsp3) is 0.350. The molecular formula is C20H24ClN3O3. The summed E-state index contributed by atoms with van der Waals surface area (Å²) in [6.07, 6.45) is 0. The van der Waals surface area contributed by atoms with Crippen molar-refractivity contribution in [3.05, 3.63) is 47.5 Å². The van der Waals surface area contributed by atoms with Crippen molar-refractivity contribution >= 4 is 28.9 Å². The van der Waals surface area contributed by atoms with Crippen LogP contribution < -0.4 is 19.7 Å². The fourth-order valence-electron chi connectivity index (χ4n) is 3.15. The fourth-order valence-corrected chi connectivity index (χ4v) is 3.40. The number of nitrogens with zero attached hydrogens (tertiary/aromatic N) is 2. The summed E-state index contributed by atoms with van der Waals surface area (Å²) in [5.41, 5.74) is 1.68. The van der Waals surface area contributed by atoms with E-state index in [9.17, 15) is 4.79 Å². The minimum absolute atomic E-state index is 0.0651. The van der Waals surface area contributed by atoms with Crippen LogP contribution in [0.3, 0.4) is 0 Å². The van der Waals surface area contributed by atoms with Crippen molar-refractivity contribution in [3.8, 4) is 11.5 Å². The molecule has 1 heterocycles. The molecule has 0 aliphatic carbocycles. The van der Waals surface area contributed by atoms with Gasteiger partial charge in [-0.15, -0.1) is 0 Å². The van der Waals surface area contributed by atoms with Crippen LogP contribution in [0.5, 0.6) is 11.5 Å². The molecule has 7 heteroatoms. The van der Waals surface area contributed by atoms with Gasteiger partial charge in [0.25, 0.3) is 0 Å². The van der Waals surface area contributed by atoms with E-state index in [0.29, 0.717) is 23.7 Å². The third-order valence-electron chi connectivity index (χ3n) is 4.62. The van der Waals surface area contributed by atoms with Gasteiger partial charge in [-0.25, -0.2) is 0 Å². The van der Waals surface area contributed by atoms with E-state index in [2.05, 4.69) is 15.1 Å². The van der Waals surface area contributed by atoms with Crippen molar-refractivity contribution in [2.24, 2.45) is 0 Å². The van der Waals surface area contributed by atoms with Crippen LogP contribution in [0.15, 0.2) is 42.5 Å². The highest BCUT2D eigenvalue weighted by molar-refractivity contribution is 6.33. The van der Waals surface area contributed by atoms with E-state index in [4.69, 9.17) is 21.1 Å². The van der Waals surface area contributed by atoms with Gasteiger partial charge in [0.15, 0.2) is 0 Å². The molecule has 2 aromatic carbocycles.